The van der Waals surface area contributed by atoms with Crippen LogP contribution in [-0.2, 0) is 17.6 Å². The lowest BCUT2D eigenvalue weighted by atomic mass is 9.86. The van der Waals surface area contributed by atoms with E-state index in [4.69, 9.17) is 0 Å². The second-order valence-corrected chi connectivity index (χ2v) is 6.80. The first kappa shape index (κ1) is 15.5. The maximum Gasteiger partial charge on any atom is 0.326 e. The van der Waals surface area contributed by atoms with Crippen molar-refractivity contribution in [2.24, 2.45) is 5.41 Å². The number of hydrogen-bond acceptors (Lipinski definition) is 2. The maximum atomic E-state index is 12.3. The van der Waals surface area contributed by atoms with Crippen LogP contribution >= 0.6 is 0 Å². The van der Waals surface area contributed by atoms with Crippen molar-refractivity contribution in [2.75, 3.05) is 0 Å². The molecule has 0 aliphatic heterocycles. The van der Waals surface area contributed by atoms with Gasteiger partial charge in [-0.15, -0.1) is 0 Å². The molecule has 21 heavy (non-hydrogen) atoms. The van der Waals surface area contributed by atoms with Crippen LogP contribution in [0.3, 0.4) is 0 Å². The summed E-state index contributed by atoms with van der Waals surface area (Å²) >= 11 is 0. The fourth-order valence-corrected chi connectivity index (χ4v) is 2.74. The van der Waals surface area contributed by atoms with Gasteiger partial charge in [0.25, 0.3) is 5.91 Å². The number of aliphatic carboxylic acids is 1. The first-order valence-electron chi connectivity index (χ1n) is 7.44. The lowest BCUT2D eigenvalue weighted by Gasteiger charge is -2.28. The van der Waals surface area contributed by atoms with Crippen molar-refractivity contribution in [3.63, 3.8) is 0 Å². The molecule has 114 valence electrons. The van der Waals surface area contributed by atoms with Gasteiger partial charge in [0.2, 0.25) is 0 Å². The molecule has 0 saturated heterocycles. The van der Waals surface area contributed by atoms with Crippen molar-refractivity contribution >= 4 is 11.9 Å². The van der Waals surface area contributed by atoms with Crippen LogP contribution in [-0.4, -0.2) is 23.0 Å². The molecule has 0 saturated carbocycles. The molecule has 2 rings (SSSR count). The zero-order chi connectivity index (χ0) is 15.6. The van der Waals surface area contributed by atoms with Crippen molar-refractivity contribution in [3.05, 3.63) is 34.9 Å². The first-order valence-corrected chi connectivity index (χ1v) is 7.44. The number of aryl methyl sites for hydroxylation is 2. The lowest BCUT2D eigenvalue weighted by Crippen LogP contribution is -2.49. The van der Waals surface area contributed by atoms with Crippen LogP contribution in [0.25, 0.3) is 0 Å². The Kier molecular flexibility index (Phi) is 4.35. The molecule has 1 aromatic rings. The molecular formula is C17H23NO3. The standard InChI is InChI=1S/C17H23NO3/c1-17(2,3)14(16(20)21)18-15(19)13-9-8-11-6-4-5-7-12(11)10-13/h8-10,14H,4-7H2,1-3H3,(H,18,19)(H,20,21)/t14-/m0/s1. The minimum Gasteiger partial charge on any atom is -0.480 e. The molecule has 1 aromatic carbocycles. The van der Waals surface area contributed by atoms with E-state index in [2.05, 4.69) is 5.32 Å². The van der Waals surface area contributed by atoms with Crippen LogP contribution in [0.5, 0.6) is 0 Å². The highest BCUT2D eigenvalue weighted by Gasteiger charge is 2.32. The number of carbonyl (C=O) groups excluding carboxylic acids is 1. The second kappa shape index (κ2) is 5.88. The predicted molar refractivity (Wildman–Crippen MR) is 81.4 cm³/mol. The highest BCUT2D eigenvalue weighted by molar-refractivity contribution is 5.97. The van der Waals surface area contributed by atoms with Crippen molar-refractivity contribution in [1.82, 2.24) is 5.32 Å². The largest absolute Gasteiger partial charge is 0.480 e. The van der Waals surface area contributed by atoms with Gasteiger partial charge >= 0.3 is 5.97 Å². The summed E-state index contributed by atoms with van der Waals surface area (Å²) in [5.41, 5.74) is 2.54. The summed E-state index contributed by atoms with van der Waals surface area (Å²) in [7, 11) is 0. The molecule has 0 bridgehead atoms. The van der Waals surface area contributed by atoms with E-state index >= 15 is 0 Å². The molecule has 1 amide bonds. The van der Waals surface area contributed by atoms with Crippen LogP contribution in [0.2, 0.25) is 0 Å². The average Bonchev–Trinajstić information content (AvgIpc) is 2.42. The number of carboxylic acid groups (broad SMARTS) is 1. The number of carbonyl (C=O) groups is 2. The van der Waals surface area contributed by atoms with Crippen molar-refractivity contribution in [1.29, 1.82) is 0 Å². The van der Waals surface area contributed by atoms with E-state index in [1.54, 1.807) is 26.8 Å². The smallest absolute Gasteiger partial charge is 0.326 e. The van der Waals surface area contributed by atoms with Gasteiger partial charge in [-0.3, -0.25) is 4.79 Å². The molecule has 4 heteroatoms. The first-order chi connectivity index (χ1) is 9.79. The highest BCUT2D eigenvalue weighted by Crippen LogP contribution is 2.23. The summed E-state index contributed by atoms with van der Waals surface area (Å²) in [6, 6.07) is 4.80. The Morgan fingerprint density at radius 1 is 1.14 bits per heavy atom. The summed E-state index contributed by atoms with van der Waals surface area (Å²) < 4.78 is 0. The molecule has 0 aromatic heterocycles. The van der Waals surface area contributed by atoms with Crippen LogP contribution < -0.4 is 5.32 Å². The quantitative estimate of drug-likeness (QED) is 0.899. The Labute approximate surface area is 125 Å². The van der Waals surface area contributed by atoms with Crippen LogP contribution in [0, 0.1) is 5.41 Å². The van der Waals surface area contributed by atoms with Gasteiger partial charge in [-0.05, 0) is 54.4 Å². The Hall–Kier alpha value is -1.84. The summed E-state index contributed by atoms with van der Waals surface area (Å²) in [5.74, 6) is -1.32. The zero-order valence-electron chi connectivity index (χ0n) is 12.9. The minimum absolute atomic E-state index is 0.314. The van der Waals surface area contributed by atoms with Gasteiger partial charge in [0.15, 0.2) is 0 Å². The van der Waals surface area contributed by atoms with E-state index in [1.807, 2.05) is 12.1 Å². The lowest BCUT2D eigenvalue weighted by molar-refractivity contribution is -0.142. The molecule has 1 aliphatic rings. The Morgan fingerprint density at radius 2 is 1.76 bits per heavy atom. The Bertz CT molecular complexity index is 558. The predicted octanol–water partition coefficient (Wildman–Crippen LogP) is 2.79. The summed E-state index contributed by atoms with van der Waals surface area (Å²) in [5, 5.41) is 11.9. The molecule has 1 atom stereocenters. The van der Waals surface area contributed by atoms with Gasteiger partial charge in [0.05, 0.1) is 0 Å². The number of nitrogens with one attached hydrogen (secondary N) is 1. The molecule has 1 aliphatic carbocycles. The van der Waals surface area contributed by atoms with E-state index in [0.717, 1.165) is 19.3 Å². The maximum absolute atomic E-state index is 12.3. The molecule has 4 nitrogen and oxygen atoms in total. The number of benzene rings is 1. The van der Waals surface area contributed by atoms with Crippen molar-refractivity contribution in [3.8, 4) is 0 Å². The average molecular weight is 289 g/mol. The Balaban J connectivity index is 2.18. The topological polar surface area (TPSA) is 66.4 Å². The fraction of sp³-hybridized carbons (Fsp3) is 0.529. The van der Waals surface area contributed by atoms with Gasteiger partial charge < -0.3 is 10.4 Å². The zero-order valence-corrected chi connectivity index (χ0v) is 12.9. The van der Waals surface area contributed by atoms with E-state index in [0.29, 0.717) is 5.56 Å². The second-order valence-electron chi connectivity index (χ2n) is 6.80. The van der Waals surface area contributed by atoms with Crippen molar-refractivity contribution in [2.45, 2.75) is 52.5 Å². The third kappa shape index (κ3) is 3.63. The number of carboxylic acids is 1. The van der Waals surface area contributed by atoms with Gasteiger partial charge in [0, 0.05) is 5.56 Å². The third-order valence-corrected chi connectivity index (χ3v) is 4.00. The molecule has 0 spiro atoms. The Morgan fingerprint density at radius 3 is 2.33 bits per heavy atom. The summed E-state index contributed by atoms with van der Waals surface area (Å²) in [6.45, 7) is 5.41. The van der Waals surface area contributed by atoms with E-state index in [-0.39, 0.29) is 5.91 Å². The van der Waals surface area contributed by atoms with Crippen LogP contribution in [0.4, 0.5) is 0 Å². The minimum atomic E-state index is -1.01. The number of rotatable bonds is 3. The van der Waals surface area contributed by atoms with Crippen LogP contribution in [0.15, 0.2) is 18.2 Å². The van der Waals surface area contributed by atoms with Gasteiger partial charge in [-0.1, -0.05) is 26.8 Å². The van der Waals surface area contributed by atoms with E-state index in [1.165, 1.54) is 17.5 Å². The normalized spacial score (nSPS) is 16.0. The number of fused-ring (bicyclic) bond motifs is 1. The van der Waals surface area contributed by atoms with Gasteiger partial charge in [-0.2, -0.15) is 0 Å². The van der Waals surface area contributed by atoms with Crippen molar-refractivity contribution < 1.29 is 14.7 Å². The molecular weight excluding hydrogens is 266 g/mol. The fourth-order valence-electron chi connectivity index (χ4n) is 2.74. The molecule has 0 unspecified atom stereocenters. The van der Waals surface area contributed by atoms with Crippen LogP contribution in [0.1, 0.15) is 55.1 Å². The SMILES string of the molecule is CC(C)(C)[C@@H](NC(=O)c1ccc2c(c1)CCCC2)C(=O)O. The molecule has 0 fully saturated rings. The van der Waals surface area contributed by atoms with Gasteiger partial charge in [-0.25, -0.2) is 4.79 Å². The van der Waals surface area contributed by atoms with E-state index < -0.39 is 17.4 Å². The third-order valence-electron chi connectivity index (χ3n) is 4.00. The molecule has 2 N–H and O–H groups in total. The summed E-state index contributed by atoms with van der Waals surface area (Å²) in [6.07, 6.45) is 4.41. The van der Waals surface area contributed by atoms with Gasteiger partial charge in [0.1, 0.15) is 6.04 Å². The monoisotopic (exact) mass is 289 g/mol. The molecule has 0 radical (unpaired) electrons. The van der Waals surface area contributed by atoms with E-state index in [9.17, 15) is 14.7 Å². The highest BCUT2D eigenvalue weighted by atomic mass is 16.4. The molecule has 0 heterocycles. The summed E-state index contributed by atoms with van der Waals surface area (Å²) in [4.78, 5) is 23.6. The number of amides is 1. The number of hydrogen-bond donors (Lipinski definition) is 2.